The molecule has 1 rings (SSSR count). The summed E-state index contributed by atoms with van der Waals surface area (Å²) in [5, 5.41) is -0.691. The third-order valence-electron chi connectivity index (χ3n) is 3.20. The number of hydrogen-bond donors (Lipinski definition) is 0. The number of hydrogen-bond acceptors (Lipinski definition) is 4. The van der Waals surface area contributed by atoms with E-state index in [1.165, 1.54) is 0 Å². The van der Waals surface area contributed by atoms with Gasteiger partial charge in [0.2, 0.25) is 0 Å². The molecule has 1 saturated carbocycles. The van der Waals surface area contributed by atoms with Crippen molar-refractivity contribution >= 4 is 10.1 Å². The first kappa shape index (κ1) is 16.5. The summed E-state index contributed by atoms with van der Waals surface area (Å²) in [7, 11) is -0.267. The molecule has 0 aromatic rings. The Morgan fingerprint density at radius 1 is 1.27 bits per heavy atom. The van der Waals surface area contributed by atoms with Crippen LogP contribution in [0.2, 0.25) is 0 Å². The van der Waals surface area contributed by atoms with Gasteiger partial charge in [-0.3, -0.25) is 0 Å². The Kier molecular flexibility index (Phi) is 7.09. The van der Waals surface area contributed by atoms with Crippen molar-refractivity contribution in [3.63, 3.8) is 0 Å². The van der Waals surface area contributed by atoms with Crippen LogP contribution in [0.4, 0.5) is 0 Å². The van der Waals surface area contributed by atoms with Crippen molar-refractivity contribution in [3.05, 3.63) is 0 Å². The van der Waals surface area contributed by atoms with Crippen LogP contribution < -0.4 is 51.4 Å². The molecule has 6 heteroatoms. The molecule has 0 heterocycles. The summed E-state index contributed by atoms with van der Waals surface area (Å²) in [5.41, 5.74) is 0. The van der Waals surface area contributed by atoms with E-state index in [1.807, 2.05) is 25.9 Å². The molecule has 3 atom stereocenters. The van der Waals surface area contributed by atoms with Crippen LogP contribution in [0.15, 0.2) is 0 Å². The van der Waals surface area contributed by atoms with Crippen molar-refractivity contribution in [1.29, 1.82) is 0 Å². The monoisotopic (exact) mass is 259 g/mol. The van der Waals surface area contributed by atoms with Gasteiger partial charge >= 0.3 is 51.4 Å². The maximum absolute atomic E-state index is 11.0. The number of rotatable bonds is 2. The van der Waals surface area contributed by atoms with E-state index in [0.717, 1.165) is 12.8 Å². The molecule has 0 spiro atoms. The summed E-state index contributed by atoms with van der Waals surface area (Å²) in [4.78, 5) is 2.00. The summed E-state index contributed by atoms with van der Waals surface area (Å²) >= 11 is 0. The molecule has 1 fully saturated rings. The Morgan fingerprint density at radius 3 is 2.20 bits per heavy atom. The fourth-order valence-corrected chi connectivity index (χ4v) is 3.29. The largest absolute Gasteiger partial charge is 1.00 e. The summed E-state index contributed by atoms with van der Waals surface area (Å²) in [5.74, 6) is 0.00806. The quantitative estimate of drug-likeness (QED) is 0.412. The van der Waals surface area contributed by atoms with Crippen LogP contribution in [-0.4, -0.2) is 43.3 Å². The molecular formula is C9H18KNO3S. The second-order valence-electron chi connectivity index (χ2n) is 4.44. The molecule has 1 aliphatic rings. The van der Waals surface area contributed by atoms with Crippen LogP contribution in [0, 0.1) is 5.92 Å². The Morgan fingerprint density at radius 2 is 1.80 bits per heavy atom. The standard InChI is InChI=1S/C9H19NO3S.K/c1-7-4-5-8(10(2)3)6-9(7)14(11,12)13;/h7-9H,4-6H2,1-3H3,(H,11,12,13);/q;+1/p-1. The van der Waals surface area contributed by atoms with Crippen molar-refractivity contribution in [3.8, 4) is 0 Å². The molecule has 0 saturated heterocycles. The van der Waals surface area contributed by atoms with Gasteiger partial charge in [0.1, 0.15) is 0 Å². The maximum Gasteiger partial charge on any atom is 1.00 e. The summed E-state index contributed by atoms with van der Waals surface area (Å²) in [6.07, 6.45) is 2.30. The summed E-state index contributed by atoms with van der Waals surface area (Å²) < 4.78 is 33.0. The van der Waals surface area contributed by atoms with Crippen LogP contribution in [0.25, 0.3) is 0 Å². The van der Waals surface area contributed by atoms with Crippen LogP contribution in [0.3, 0.4) is 0 Å². The van der Waals surface area contributed by atoms with E-state index >= 15 is 0 Å². The summed E-state index contributed by atoms with van der Waals surface area (Å²) in [6.45, 7) is 1.85. The maximum atomic E-state index is 11.0. The zero-order chi connectivity index (χ0) is 10.9. The van der Waals surface area contributed by atoms with E-state index in [4.69, 9.17) is 0 Å². The van der Waals surface area contributed by atoms with Crippen LogP contribution in [0.5, 0.6) is 0 Å². The zero-order valence-electron chi connectivity index (χ0n) is 9.93. The SMILES string of the molecule is CC1CCC(N(C)C)CC1S(=O)(=O)[O-].[K+]. The van der Waals surface area contributed by atoms with Gasteiger partial charge in [0.15, 0.2) is 0 Å². The molecule has 4 nitrogen and oxygen atoms in total. The smallest absolute Gasteiger partial charge is 0.748 e. The van der Waals surface area contributed by atoms with E-state index in [1.54, 1.807) is 0 Å². The average Bonchev–Trinajstić information content (AvgIpc) is 2.02. The third-order valence-corrected chi connectivity index (χ3v) is 4.59. The van der Waals surface area contributed by atoms with Crippen LogP contribution in [0.1, 0.15) is 26.2 Å². The molecule has 15 heavy (non-hydrogen) atoms. The van der Waals surface area contributed by atoms with Gasteiger partial charge in [-0.1, -0.05) is 6.92 Å². The average molecular weight is 259 g/mol. The molecule has 1 aliphatic carbocycles. The van der Waals surface area contributed by atoms with Gasteiger partial charge in [0.05, 0.1) is 15.4 Å². The first-order chi connectivity index (χ1) is 6.32. The van der Waals surface area contributed by atoms with Crippen LogP contribution in [-0.2, 0) is 10.1 Å². The minimum atomic E-state index is -4.12. The Labute approximate surface area is 135 Å². The fraction of sp³-hybridized carbons (Fsp3) is 1.00. The fourth-order valence-electron chi connectivity index (χ4n) is 2.13. The van der Waals surface area contributed by atoms with Gasteiger partial charge < -0.3 is 9.45 Å². The second-order valence-corrected chi connectivity index (χ2v) is 6.03. The van der Waals surface area contributed by atoms with E-state index in [-0.39, 0.29) is 63.3 Å². The van der Waals surface area contributed by atoms with Gasteiger partial charge in [-0.05, 0) is 39.3 Å². The first-order valence-electron chi connectivity index (χ1n) is 4.93. The molecule has 0 amide bonds. The van der Waals surface area contributed by atoms with Gasteiger partial charge in [-0.2, -0.15) is 0 Å². The molecule has 0 N–H and O–H groups in total. The van der Waals surface area contributed by atoms with Crippen molar-refractivity contribution in [2.24, 2.45) is 5.92 Å². The molecule has 0 radical (unpaired) electrons. The molecule has 0 aromatic heterocycles. The van der Waals surface area contributed by atoms with Crippen molar-refractivity contribution in [2.45, 2.75) is 37.5 Å². The third kappa shape index (κ3) is 4.71. The number of nitrogens with zero attached hydrogens (tertiary/aromatic N) is 1. The second kappa shape index (κ2) is 6.44. The van der Waals surface area contributed by atoms with Gasteiger partial charge in [-0.15, -0.1) is 0 Å². The molecular weight excluding hydrogens is 241 g/mol. The molecule has 0 aromatic carbocycles. The Hall–Kier alpha value is 1.51. The Balaban J connectivity index is 0.00000196. The van der Waals surface area contributed by atoms with Crippen LogP contribution >= 0.6 is 0 Å². The van der Waals surface area contributed by atoms with Crippen molar-refractivity contribution < 1.29 is 64.4 Å². The zero-order valence-corrected chi connectivity index (χ0v) is 13.9. The topological polar surface area (TPSA) is 60.4 Å². The predicted molar refractivity (Wildman–Crippen MR) is 54.0 cm³/mol. The minimum absolute atomic E-state index is 0. The van der Waals surface area contributed by atoms with Gasteiger partial charge in [-0.25, -0.2) is 8.42 Å². The first-order valence-corrected chi connectivity index (χ1v) is 6.40. The predicted octanol–water partition coefficient (Wildman–Crippen LogP) is -2.35. The Bertz CT molecular complexity index is 292. The van der Waals surface area contributed by atoms with Crippen molar-refractivity contribution in [2.75, 3.05) is 14.1 Å². The van der Waals surface area contributed by atoms with Gasteiger partial charge in [0, 0.05) is 6.04 Å². The van der Waals surface area contributed by atoms with E-state index < -0.39 is 15.4 Å². The van der Waals surface area contributed by atoms with E-state index in [2.05, 4.69) is 0 Å². The minimum Gasteiger partial charge on any atom is -0.748 e. The van der Waals surface area contributed by atoms with E-state index in [9.17, 15) is 13.0 Å². The van der Waals surface area contributed by atoms with Gasteiger partial charge in [0.25, 0.3) is 0 Å². The van der Waals surface area contributed by atoms with Crippen molar-refractivity contribution in [1.82, 2.24) is 4.90 Å². The normalized spacial score (nSPS) is 32.5. The molecule has 0 bridgehead atoms. The molecule has 0 aliphatic heterocycles. The molecule has 3 unspecified atom stereocenters. The summed E-state index contributed by atoms with van der Waals surface area (Å²) in [6, 6.07) is 0.236. The molecule has 84 valence electrons. The van der Waals surface area contributed by atoms with E-state index in [0.29, 0.717) is 6.42 Å².